The summed E-state index contributed by atoms with van der Waals surface area (Å²) in [5.74, 6) is 1.44. The van der Waals surface area contributed by atoms with Gasteiger partial charge in [0.1, 0.15) is 0 Å². The quantitative estimate of drug-likeness (QED) is 0.222. The smallest absolute Gasteiger partial charge is 0.166 e. The molecule has 3 nitrogen and oxygen atoms in total. The van der Waals surface area contributed by atoms with Crippen LogP contribution in [0, 0.1) is 5.82 Å². The van der Waals surface area contributed by atoms with Gasteiger partial charge >= 0.3 is 0 Å². The third-order valence-electron chi connectivity index (χ3n) is 5.28. The summed E-state index contributed by atoms with van der Waals surface area (Å²) in [5, 5.41) is 0.255. The summed E-state index contributed by atoms with van der Waals surface area (Å²) in [4.78, 5) is 17.0. The van der Waals surface area contributed by atoms with Crippen molar-refractivity contribution in [3.05, 3.63) is 81.2 Å². The van der Waals surface area contributed by atoms with Gasteiger partial charge in [0.25, 0.3) is 0 Å². The first-order valence-electron chi connectivity index (χ1n) is 10.7. The molecule has 1 aliphatic heterocycles. The minimum Gasteiger partial charge on any atom is -0.494 e. The van der Waals surface area contributed by atoms with E-state index in [0.29, 0.717) is 11.3 Å². The lowest BCUT2D eigenvalue weighted by molar-refractivity contribution is -0.112. The summed E-state index contributed by atoms with van der Waals surface area (Å²) in [7, 11) is 5.05. The molecule has 2 aromatic rings. The lowest BCUT2D eigenvalue weighted by atomic mass is 9.88. The standard InChI is InChI=1S/C26H27ClFNO2S2/c1-6-18-20(10-15(3)30)16(4)29-26(22-12-25(31-5)24(28)13-23(22)27)19-9-8-17(11-21(18)19)14-33-32-7-2/h6,8-13,16H,7,14H2,1-5H3/b18-6+,20-10-/t16-/m0/s1. The Morgan fingerprint density at radius 3 is 2.61 bits per heavy atom. The van der Waals surface area contributed by atoms with E-state index in [2.05, 4.69) is 19.1 Å². The van der Waals surface area contributed by atoms with Gasteiger partial charge in [0.2, 0.25) is 0 Å². The zero-order chi connectivity index (χ0) is 24.1. The van der Waals surface area contributed by atoms with Gasteiger partial charge in [-0.05, 0) is 67.3 Å². The topological polar surface area (TPSA) is 38.7 Å². The third kappa shape index (κ3) is 5.73. The Morgan fingerprint density at radius 1 is 1.21 bits per heavy atom. The number of hydrogen-bond donors (Lipinski definition) is 0. The van der Waals surface area contributed by atoms with E-state index in [1.165, 1.54) is 18.7 Å². The second kappa shape index (κ2) is 11.4. The Kier molecular flexibility index (Phi) is 8.85. The fourth-order valence-corrected chi connectivity index (χ4v) is 5.80. The van der Waals surface area contributed by atoms with Crippen LogP contribution in [0.5, 0.6) is 5.75 Å². The molecule has 0 saturated carbocycles. The van der Waals surface area contributed by atoms with Crippen LogP contribution in [0.4, 0.5) is 4.39 Å². The number of methoxy groups -OCH3 is 1. The highest BCUT2D eigenvalue weighted by Crippen LogP contribution is 2.38. The summed E-state index contributed by atoms with van der Waals surface area (Å²) < 4.78 is 19.5. The molecule has 1 atom stereocenters. The highest BCUT2D eigenvalue weighted by Gasteiger charge is 2.27. The second-order valence-corrected chi connectivity index (χ2v) is 10.7. The molecule has 0 aliphatic carbocycles. The van der Waals surface area contributed by atoms with Crippen LogP contribution < -0.4 is 4.74 Å². The molecule has 0 aromatic heterocycles. The maximum atomic E-state index is 14.3. The monoisotopic (exact) mass is 503 g/mol. The number of carbonyl (C=O) groups is 1. The summed E-state index contributed by atoms with van der Waals surface area (Å²) >= 11 is 6.50. The number of nitrogens with zero attached hydrogens (tertiary/aromatic N) is 1. The summed E-state index contributed by atoms with van der Waals surface area (Å²) in [6.45, 7) is 7.59. The number of carbonyl (C=O) groups excluding carboxylic acids is 1. The van der Waals surface area contributed by atoms with Crippen LogP contribution in [0.2, 0.25) is 5.02 Å². The van der Waals surface area contributed by atoms with E-state index in [1.54, 1.807) is 19.1 Å². The summed E-state index contributed by atoms with van der Waals surface area (Å²) in [5.41, 5.74) is 6.09. The number of fused-ring (bicyclic) bond motifs is 1. The molecule has 0 fully saturated rings. The van der Waals surface area contributed by atoms with E-state index in [-0.39, 0.29) is 22.6 Å². The second-order valence-electron chi connectivity index (χ2n) is 7.58. The molecular weight excluding hydrogens is 477 g/mol. The molecule has 0 radical (unpaired) electrons. The van der Waals surface area contributed by atoms with Crippen LogP contribution >= 0.6 is 33.2 Å². The predicted molar refractivity (Wildman–Crippen MR) is 141 cm³/mol. The van der Waals surface area contributed by atoms with Crippen LogP contribution in [-0.4, -0.2) is 30.4 Å². The van der Waals surface area contributed by atoms with Crippen molar-refractivity contribution in [1.29, 1.82) is 0 Å². The molecule has 33 heavy (non-hydrogen) atoms. The van der Waals surface area contributed by atoms with Crippen LogP contribution in [-0.2, 0) is 10.5 Å². The molecule has 2 aromatic carbocycles. The van der Waals surface area contributed by atoms with E-state index in [0.717, 1.165) is 33.8 Å². The van der Waals surface area contributed by atoms with Crippen molar-refractivity contribution < 1.29 is 13.9 Å². The SMILES string of the molecule is C/C=C1\C(=C/C(C)=O)[C@H](C)N=C(c2cc(OC)c(F)cc2Cl)c2ccc(CSSCC)cc21. The van der Waals surface area contributed by atoms with Crippen LogP contribution in [0.1, 0.15) is 49.9 Å². The fourth-order valence-electron chi connectivity index (χ4n) is 3.84. The van der Waals surface area contributed by atoms with Gasteiger partial charge in [-0.1, -0.05) is 58.3 Å². The molecule has 1 aliphatic rings. The van der Waals surface area contributed by atoms with Crippen molar-refractivity contribution in [2.45, 2.75) is 39.5 Å². The molecule has 7 heteroatoms. The van der Waals surface area contributed by atoms with Crippen molar-refractivity contribution in [2.24, 2.45) is 4.99 Å². The van der Waals surface area contributed by atoms with Gasteiger partial charge in [-0.2, -0.15) is 0 Å². The molecule has 1 heterocycles. The van der Waals surface area contributed by atoms with Crippen molar-refractivity contribution in [3.8, 4) is 5.75 Å². The van der Waals surface area contributed by atoms with E-state index >= 15 is 0 Å². The van der Waals surface area contributed by atoms with Crippen molar-refractivity contribution >= 4 is 50.3 Å². The fraction of sp³-hybridized carbons (Fsp3) is 0.308. The largest absolute Gasteiger partial charge is 0.494 e. The van der Waals surface area contributed by atoms with E-state index < -0.39 is 5.82 Å². The Morgan fingerprint density at radius 2 is 1.97 bits per heavy atom. The van der Waals surface area contributed by atoms with Gasteiger partial charge in [-0.25, -0.2) is 4.39 Å². The van der Waals surface area contributed by atoms with Gasteiger partial charge in [0.05, 0.1) is 23.9 Å². The van der Waals surface area contributed by atoms with E-state index in [4.69, 9.17) is 21.3 Å². The first kappa shape index (κ1) is 25.6. The van der Waals surface area contributed by atoms with Crippen molar-refractivity contribution in [2.75, 3.05) is 12.9 Å². The normalized spacial score (nSPS) is 18.2. The number of ketones is 1. The van der Waals surface area contributed by atoms with Crippen LogP contribution in [0.15, 0.2) is 53.0 Å². The lowest BCUT2D eigenvalue weighted by Crippen LogP contribution is -2.10. The van der Waals surface area contributed by atoms with Gasteiger partial charge in [-0.3, -0.25) is 9.79 Å². The molecule has 0 unspecified atom stereocenters. The van der Waals surface area contributed by atoms with Gasteiger partial charge in [0.15, 0.2) is 17.3 Å². The third-order valence-corrected chi connectivity index (χ3v) is 8.01. The Hall–Kier alpha value is -2.02. The molecule has 174 valence electrons. The van der Waals surface area contributed by atoms with Crippen molar-refractivity contribution in [3.63, 3.8) is 0 Å². The Balaban J connectivity index is 2.29. The molecule has 0 N–H and O–H groups in total. The van der Waals surface area contributed by atoms with Gasteiger partial charge in [0, 0.05) is 22.6 Å². The maximum Gasteiger partial charge on any atom is 0.166 e. The van der Waals surface area contributed by atoms with Gasteiger partial charge < -0.3 is 4.74 Å². The summed E-state index contributed by atoms with van der Waals surface area (Å²) in [6, 6.07) is 8.82. The van der Waals surface area contributed by atoms with Crippen LogP contribution in [0.3, 0.4) is 0 Å². The van der Waals surface area contributed by atoms with Crippen LogP contribution in [0.25, 0.3) is 5.57 Å². The lowest BCUT2D eigenvalue weighted by Gasteiger charge is -2.16. The highest BCUT2D eigenvalue weighted by molar-refractivity contribution is 8.76. The number of aliphatic imine (C=N–C) groups is 1. The number of benzene rings is 2. The molecule has 0 bridgehead atoms. The number of ether oxygens (including phenoxy) is 1. The minimum absolute atomic E-state index is 0.0380. The zero-order valence-corrected chi connectivity index (χ0v) is 21.8. The highest BCUT2D eigenvalue weighted by atomic mass is 35.5. The number of rotatable bonds is 7. The zero-order valence-electron chi connectivity index (χ0n) is 19.4. The molecule has 0 amide bonds. The molecule has 3 rings (SSSR count). The number of halogens is 2. The first-order valence-corrected chi connectivity index (χ1v) is 13.5. The van der Waals surface area contributed by atoms with E-state index in [9.17, 15) is 9.18 Å². The predicted octanol–water partition coefficient (Wildman–Crippen LogP) is 7.55. The minimum atomic E-state index is -0.527. The number of allylic oxidation sites excluding steroid dienone is 2. The number of hydrogen-bond acceptors (Lipinski definition) is 5. The Labute approximate surface area is 207 Å². The van der Waals surface area contributed by atoms with E-state index in [1.807, 2.05) is 47.6 Å². The molecule has 0 saturated heterocycles. The average molecular weight is 504 g/mol. The Bertz CT molecular complexity index is 1160. The molecular formula is C26H27ClFNO2S2. The first-order chi connectivity index (χ1) is 15.8. The van der Waals surface area contributed by atoms with Crippen molar-refractivity contribution in [1.82, 2.24) is 0 Å². The average Bonchev–Trinajstić information content (AvgIpc) is 2.88. The summed E-state index contributed by atoms with van der Waals surface area (Å²) in [6.07, 6.45) is 3.67. The molecule has 0 spiro atoms. The van der Waals surface area contributed by atoms with Gasteiger partial charge in [-0.15, -0.1) is 0 Å². The maximum absolute atomic E-state index is 14.3.